The number of hydrogen-bond donors (Lipinski definition) is 1. The molecule has 0 saturated carbocycles. The van der Waals surface area contributed by atoms with Crippen LogP contribution in [-0.2, 0) is 13.0 Å². The Bertz CT molecular complexity index is 599. The first-order valence-corrected chi connectivity index (χ1v) is 7.26. The van der Waals surface area contributed by atoms with E-state index < -0.39 is 0 Å². The quantitative estimate of drug-likeness (QED) is 0.882. The summed E-state index contributed by atoms with van der Waals surface area (Å²) >= 11 is 6.03. The van der Waals surface area contributed by atoms with Crippen molar-refractivity contribution < 1.29 is 9.47 Å². The monoisotopic (exact) mass is 305 g/mol. The zero-order valence-corrected chi connectivity index (χ0v) is 13.1. The summed E-state index contributed by atoms with van der Waals surface area (Å²) in [5, 5.41) is 0.665. The van der Waals surface area contributed by atoms with Crippen LogP contribution >= 0.6 is 11.6 Å². The number of rotatable bonds is 6. The summed E-state index contributed by atoms with van der Waals surface area (Å²) in [4.78, 5) is 0. The lowest BCUT2D eigenvalue weighted by Crippen LogP contribution is -2.18. The second-order valence-corrected chi connectivity index (χ2v) is 5.47. The summed E-state index contributed by atoms with van der Waals surface area (Å²) in [6, 6.07) is 13.5. The first kappa shape index (κ1) is 15.7. The largest absolute Gasteiger partial charge is 0.496 e. The number of hydrogen-bond acceptors (Lipinski definition) is 3. The smallest absolute Gasteiger partial charge is 0.125 e. The Morgan fingerprint density at radius 2 is 1.86 bits per heavy atom. The Hall–Kier alpha value is -1.71. The van der Waals surface area contributed by atoms with E-state index in [1.54, 1.807) is 13.2 Å². The summed E-state index contributed by atoms with van der Waals surface area (Å²) in [6.45, 7) is 2.39. The number of ether oxygens (including phenoxy) is 2. The molecule has 0 spiro atoms. The average molecular weight is 306 g/mol. The van der Waals surface area contributed by atoms with Gasteiger partial charge in [-0.25, -0.2) is 0 Å². The molecule has 1 unspecified atom stereocenters. The van der Waals surface area contributed by atoms with E-state index in [2.05, 4.69) is 0 Å². The average Bonchev–Trinajstić information content (AvgIpc) is 2.46. The standard InChI is InChI=1S/C17H20ClNO2/c1-12(19)9-13-5-3-4-6-17(13)21-11-14-10-15(18)7-8-16(14)20-2/h3-8,10,12H,9,11,19H2,1-2H3. The van der Waals surface area contributed by atoms with Gasteiger partial charge in [-0.15, -0.1) is 0 Å². The van der Waals surface area contributed by atoms with Crippen LogP contribution in [0.2, 0.25) is 5.02 Å². The molecule has 2 aromatic carbocycles. The van der Waals surface area contributed by atoms with Crippen LogP contribution in [0.25, 0.3) is 0 Å². The molecule has 1 atom stereocenters. The van der Waals surface area contributed by atoms with Gasteiger partial charge in [0.15, 0.2) is 0 Å². The van der Waals surface area contributed by atoms with Crippen LogP contribution in [-0.4, -0.2) is 13.2 Å². The molecule has 0 saturated heterocycles. The lowest BCUT2D eigenvalue weighted by atomic mass is 10.1. The summed E-state index contributed by atoms with van der Waals surface area (Å²) < 4.78 is 11.3. The van der Waals surface area contributed by atoms with Crippen molar-refractivity contribution in [2.45, 2.75) is 26.0 Å². The highest BCUT2D eigenvalue weighted by Crippen LogP contribution is 2.26. The molecule has 0 aliphatic heterocycles. The maximum Gasteiger partial charge on any atom is 0.125 e. The van der Waals surface area contributed by atoms with Gasteiger partial charge in [-0.05, 0) is 43.2 Å². The highest BCUT2D eigenvalue weighted by atomic mass is 35.5. The van der Waals surface area contributed by atoms with E-state index in [0.29, 0.717) is 11.6 Å². The van der Waals surface area contributed by atoms with Crippen molar-refractivity contribution in [1.29, 1.82) is 0 Å². The molecule has 0 aromatic heterocycles. The Morgan fingerprint density at radius 3 is 2.57 bits per heavy atom. The molecule has 3 nitrogen and oxygen atoms in total. The fourth-order valence-corrected chi connectivity index (χ4v) is 2.37. The third kappa shape index (κ3) is 4.38. The lowest BCUT2D eigenvalue weighted by Gasteiger charge is -2.14. The molecule has 0 aliphatic carbocycles. The molecule has 21 heavy (non-hydrogen) atoms. The van der Waals surface area contributed by atoms with E-state index >= 15 is 0 Å². The molecule has 4 heteroatoms. The SMILES string of the molecule is COc1ccc(Cl)cc1COc1ccccc1CC(C)N. The number of halogens is 1. The van der Waals surface area contributed by atoms with E-state index in [0.717, 1.165) is 29.0 Å². The third-order valence-corrected chi connectivity index (χ3v) is 3.38. The minimum Gasteiger partial charge on any atom is -0.496 e. The van der Waals surface area contributed by atoms with E-state index in [1.807, 2.05) is 43.3 Å². The van der Waals surface area contributed by atoms with Crippen LogP contribution in [0.1, 0.15) is 18.1 Å². The van der Waals surface area contributed by atoms with E-state index in [1.165, 1.54) is 0 Å². The van der Waals surface area contributed by atoms with Crippen LogP contribution < -0.4 is 15.2 Å². The van der Waals surface area contributed by atoms with E-state index in [9.17, 15) is 0 Å². The van der Waals surface area contributed by atoms with Crippen molar-refractivity contribution in [2.75, 3.05) is 7.11 Å². The van der Waals surface area contributed by atoms with Gasteiger partial charge in [-0.1, -0.05) is 29.8 Å². The highest BCUT2D eigenvalue weighted by molar-refractivity contribution is 6.30. The first-order chi connectivity index (χ1) is 10.1. The van der Waals surface area contributed by atoms with Gasteiger partial charge in [0.1, 0.15) is 18.1 Å². The van der Waals surface area contributed by atoms with Crippen LogP contribution in [0.3, 0.4) is 0 Å². The van der Waals surface area contributed by atoms with Crippen molar-refractivity contribution in [2.24, 2.45) is 5.73 Å². The Kier molecular flexibility index (Phi) is 5.48. The summed E-state index contributed by atoms with van der Waals surface area (Å²) in [7, 11) is 1.64. The van der Waals surface area contributed by atoms with Gasteiger partial charge in [-0.3, -0.25) is 0 Å². The molecule has 0 bridgehead atoms. The van der Waals surface area contributed by atoms with Crippen molar-refractivity contribution in [3.63, 3.8) is 0 Å². The first-order valence-electron chi connectivity index (χ1n) is 6.89. The van der Waals surface area contributed by atoms with Crippen molar-refractivity contribution >= 4 is 11.6 Å². The molecule has 112 valence electrons. The summed E-state index contributed by atoms with van der Waals surface area (Å²) in [5.41, 5.74) is 7.90. The predicted octanol–water partition coefficient (Wildman–Crippen LogP) is 3.82. The van der Waals surface area contributed by atoms with Gasteiger partial charge in [0.05, 0.1) is 7.11 Å². The van der Waals surface area contributed by atoms with Crippen molar-refractivity contribution in [1.82, 2.24) is 0 Å². The van der Waals surface area contributed by atoms with Crippen molar-refractivity contribution in [3.05, 3.63) is 58.6 Å². The Morgan fingerprint density at radius 1 is 1.10 bits per heavy atom. The predicted molar refractivity (Wildman–Crippen MR) is 86.1 cm³/mol. The fraction of sp³-hybridized carbons (Fsp3) is 0.294. The maximum atomic E-state index is 6.03. The van der Waals surface area contributed by atoms with Crippen LogP contribution in [0, 0.1) is 0 Å². The van der Waals surface area contributed by atoms with Gasteiger partial charge in [-0.2, -0.15) is 0 Å². The van der Waals surface area contributed by atoms with Gasteiger partial charge < -0.3 is 15.2 Å². The lowest BCUT2D eigenvalue weighted by molar-refractivity contribution is 0.293. The molecular formula is C17H20ClNO2. The molecule has 2 rings (SSSR count). The Labute approximate surface area is 130 Å². The zero-order valence-electron chi connectivity index (χ0n) is 12.3. The molecule has 0 aliphatic rings. The molecule has 0 heterocycles. The fourth-order valence-electron chi connectivity index (χ4n) is 2.18. The highest BCUT2D eigenvalue weighted by Gasteiger charge is 2.08. The minimum absolute atomic E-state index is 0.0930. The van der Waals surface area contributed by atoms with Crippen LogP contribution in [0.15, 0.2) is 42.5 Å². The van der Waals surface area contributed by atoms with Gasteiger partial charge >= 0.3 is 0 Å². The van der Waals surface area contributed by atoms with Gasteiger partial charge in [0.2, 0.25) is 0 Å². The van der Waals surface area contributed by atoms with Crippen molar-refractivity contribution in [3.8, 4) is 11.5 Å². The number of para-hydroxylation sites is 1. The summed E-state index contributed by atoms with van der Waals surface area (Å²) in [6.07, 6.45) is 0.781. The molecular weight excluding hydrogens is 286 g/mol. The van der Waals surface area contributed by atoms with E-state index in [4.69, 9.17) is 26.8 Å². The molecule has 0 radical (unpaired) electrons. The normalized spacial score (nSPS) is 12.0. The third-order valence-electron chi connectivity index (χ3n) is 3.14. The maximum absolute atomic E-state index is 6.03. The topological polar surface area (TPSA) is 44.5 Å². The van der Waals surface area contributed by atoms with Crippen LogP contribution in [0.5, 0.6) is 11.5 Å². The molecule has 0 fully saturated rings. The molecule has 2 aromatic rings. The molecule has 2 N–H and O–H groups in total. The van der Waals surface area contributed by atoms with Gasteiger partial charge in [0.25, 0.3) is 0 Å². The number of nitrogens with two attached hydrogens (primary N) is 1. The second-order valence-electron chi connectivity index (χ2n) is 5.03. The van der Waals surface area contributed by atoms with Gasteiger partial charge in [0, 0.05) is 16.6 Å². The van der Waals surface area contributed by atoms with Crippen LogP contribution in [0.4, 0.5) is 0 Å². The molecule has 0 amide bonds. The number of benzene rings is 2. The Balaban J connectivity index is 2.15. The zero-order chi connectivity index (χ0) is 15.2. The second kappa shape index (κ2) is 7.34. The minimum atomic E-state index is 0.0930. The number of methoxy groups -OCH3 is 1. The summed E-state index contributed by atoms with van der Waals surface area (Å²) in [5.74, 6) is 1.61. The van der Waals surface area contributed by atoms with E-state index in [-0.39, 0.29) is 6.04 Å².